The molecule has 2 atom stereocenters. The lowest BCUT2D eigenvalue weighted by Gasteiger charge is -2.11. The van der Waals surface area contributed by atoms with E-state index in [2.05, 4.69) is 0 Å². The number of ether oxygens (including phenoxy) is 2. The molecule has 1 aromatic heterocycles. The maximum absolute atomic E-state index is 13.0. The minimum atomic E-state index is -1.10. The molecule has 0 amide bonds. The first kappa shape index (κ1) is 18.1. The molecule has 0 spiro atoms. The van der Waals surface area contributed by atoms with Crippen LogP contribution in [0, 0.1) is 0 Å². The lowest BCUT2D eigenvalue weighted by Crippen LogP contribution is -2.12. The molecule has 6 nitrogen and oxygen atoms in total. The van der Waals surface area contributed by atoms with E-state index in [1.165, 1.54) is 18.2 Å². The van der Waals surface area contributed by atoms with Crippen molar-refractivity contribution in [2.24, 2.45) is 0 Å². The summed E-state index contributed by atoms with van der Waals surface area (Å²) in [5.74, 6) is 0.575. The van der Waals surface area contributed by atoms with E-state index < -0.39 is 5.97 Å². The number of para-hydroxylation sites is 1. The molecule has 144 valence electrons. The molecule has 28 heavy (non-hydrogen) atoms. The van der Waals surface area contributed by atoms with E-state index >= 15 is 0 Å². The van der Waals surface area contributed by atoms with Gasteiger partial charge in [0.2, 0.25) is 11.2 Å². The number of aromatic carboxylic acids is 1. The minimum Gasteiger partial charge on any atom is -0.496 e. The van der Waals surface area contributed by atoms with Crippen LogP contribution in [0.1, 0.15) is 46.9 Å². The van der Waals surface area contributed by atoms with Gasteiger partial charge in [0.25, 0.3) is 0 Å². The van der Waals surface area contributed by atoms with Crippen molar-refractivity contribution in [2.45, 2.75) is 25.2 Å². The summed E-state index contributed by atoms with van der Waals surface area (Å²) in [6, 6.07) is 12.1. The fourth-order valence-electron chi connectivity index (χ4n) is 3.65. The third-order valence-corrected chi connectivity index (χ3v) is 5.08. The van der Waals surface area contributed by atoms with Crippen molar-refractivity contribution in [3.05, 3.63) is 69.6 Å². The zero-order valence-corrected chi connectivity index (χ0v) is 15.6. The topological polar surface area (TPSA) is 86.0 Å². The highest BCUT2D eigenvalue weighted by Crippen LogP contribution is 2.58. The number of hydrogen-bond acceptors (Lipinski definition) is 5. The molecule has 2 unspecified atom stereocenters. The van der Waals surface area contributed by atoms with Gasteiger partial charge in [-0.1, -0.05) is 18.2 Å². The van der Waals surface area contributed by atoms with E-state index in [9.17, 15) is 14.7 Å². The van der Waals surface area contributed by atoms with E-state index in [0.717, 1.165) is 17.7 Å². The molecular formula is C22H20O6. The number of hydrogen-bond donors (Lipinski definition) is 1. The van der Waals surface area contributed by atoms with Crippen LogP contribution in [0.4, 0.5) is 0 Å². The average Bonchev–Trinajstić information content (AvgIpc) is 3.50. The van der Waals surface area contributed by atoms with Crippen molar-refractivity contribution < 1.29 is 23.8 Å². The van der Waals surface area contributed by atoms with E-state index in [0.29, 0.717) is 18.0 Å². The fourth-order valence-corrected chi connectivity index (χ4v) is 3.65. The Morgan fingerprint density at radius 2 is 2.00 bits per heavy atom. The average molecular weight is 380 g/mol. The highest BCUT2D eigenvalue weighted by atomic mass is 16.5. The SMILES string of the molecule is CCOc1c(C2CC2c2ccccc2OC)oc2ccc(C(=O)O)cc2c1=O. The van der Waals surface area contributed by atoms with Crippen molar-refractivity contribution in [1.82, 2.24) is 0 Å². The van der Waals surface area contributed by atoms with Gasteiger partial charge >= 0.3 is 5.97 Å². The molecule has 3 aromatic rings. The minimum absolute atomic E-state index is 0.00843. The number of methoxy groups -OCH3 is 1. The van der Waals surface area contributed by atoms with E-state index in [1.807, 2.05) is 24.3 Å². The lowest BCUT2D eigenvalue weighted by atomic mass is 10.1. The largest absolute Gasteiger partial charge is 0.496 e. The fraction of sp³-hybridized carbons (Fsp3) is 0.273. The molecule has 0 aliphatic heterocycles. The molecule has 1 N–H and O–H groups in total. The second kappa shape index (κ2) is 7.03. The second-order valence-electron chi connectivity index (χ2n) is 6.76. The maximum atomic E-state index is 13.0. The summed E-state index contributed by atoms with van der Waals surface area (Å²) in [5.41, 5.74) is 1.13. The molecule has 4 rings (SSSR count). The van der Waals surface area contributed by atoms with E-state index in [1.54, 1.807) is 14.0 Å². The molecule has 0 bridgehead atoms. The van der Waals surface area contributed by atoms with Gasteiger partial charge in [-0.25, -0.2) is 4.79 Å². The monoisotopic (exact) mass is 380 g/mol. The number of benzene rings is 2. The Kier molecular flexibility index (Phi) is 4.55. The van der Waals surface area contributed by atoms with Gasteiger partial charge in [-0.05, 0) is 49.1 Å². The first-order chi connectivity index (χ1) is 13.5. The Morgan fingerprint density at radius 3 is 2.71 bits per heavy atom. The predicted octanol–water partition coefficient (Wildman–Crippen LogP) is 4.17. The van der Waals surface area contributed by atoms with Crippen LogP contribution in [0.15, 0.2) is 51.7 Å². The number of carboxylic acid groups (broad SMARTS) is 1. The van der Waals surface area contributed by atoms with Gasteiger partial charge in [0.15, 0.2) is 5.76 Å². The van der Waals surface area contributed by atoms with Crippen LogP contribution in [0.2, 0.25) is 0 Å². The summed E-state index contributed by atoms with van der Waals surface area (Å²) in [5, 5.41) is 9.40. The molecular weight excluding hydrogens is 360 g/mol. The summed E-state index contributed by atoms with van der Waals surface area (Å²) < 4.78 is 17.1. The summed E-state index contributed by atoms with van der Waals surface area (Å²) >= 11 is 0. The Morgan fingerprint density at radius 1 is 1.21 bits per heavy atom. The molecule has 2 aromatic carbocycles. The Balaban J connectivity index is 1.81. The Bertz CT molecular complexity index is 1110. The van der Waals surface area contributed by atoms with Gasteiger partial charge in [-0.15, -0.1) is 0 Å². The molecule has 6 heteroatoms. The quantitative estimate of drug-likeness (QED) is 0.691. The molecule has 0 radical (unpaired) electrons. The Hall–Kier alpha value is -3.28. The highest BCUT2D eigenvalue weighted by Gasteiger charge is 2.45. The normalized spacial score (nSPS) is 18.1. The van der Waals surface area contributed by atoms with Gasteiger partial charge < -0.3 is 19.0 Å². The van der Waals surface area contributed by atoms with Crippen LogP contribution in [0.5, 0.6) is 11.5 Å². The molecule has 0 saturated heterocycles. The second-order valence-corrected chi connectivity index (χ2v) is 6.76. The van der Waals surface area contributed by atoms with Crippen molar-refractivity contribution in [2.75, 3.05) is 13.7 Å². The summed E-state index contributed by atoms with van der Waals surface area (Å²) in [4.78, 5) is 24.2. The first-order valence-corrected chi connectivity index (χ1v) is 9.14. The van der Waals surface area contributed by atoms with Crippen molar-refractivity contribution >= 4 is 16.9 Å². The molecule has 1 saturated carbocycles. The highest BCUT2D eigenvalue weighted by molar-refractivity contribution is 5.93. The third-order valence-electron chi connectivity index (χ3n) is 5.08. The van der Waals surface area contributed by atoms with Gasteiger partial charge in [0, 0.05) is 5.92 Å². The number of carbonyl (C=O) groups is 1. The zero-order valence-electron chi connectivity index (χ0n) is 15.6. The standard InChI is InChI=1S/C22H20O6/c1-3-27-21-19(23)16-10-12(22(24)25)8-9-18(16)28-20(21)15-11-14(15)13-6-4-5-7-17(13)26-2/h4-10,14-15H,3,11H2,1-2H3,(H,24,25). The zero-order chi connectivity index (χ0) is 19.8. The third kappa shape index (κ3) is 3.01. The summed E-state index contributed by atoms with van der Waals surface area (Å²) in [6.45, 7) is 2.11. The molecule has 1 fully saturated rings. The molecule has 1 aliphatic rings. The van der Waals surface area contributed by atoms with Gasteiger partial charge in [0.1, 0.15) is 11.3 Å². The Labute approximate surface area is 161 Å². The number of carboxylic acids is 1. The summed E-state index contributed by atoms with van der Waals surface area (Å²) in [7, 11) is 1.64. The number of rotatable bonds is 6. The van der Waals surface area contributed by atoms with E-state index in [4.69, 9.17) is 13.9 Å². The lowest BCUT2D eigenvalue weighted by molar-refractivity contribution is 0.0697. The molecule has 1 heterocycles. The predicted molar refractivity (Wildman–Crippen MR) is 104 cm³/mol. The van der Waals surface area contributed by atoms with Crippen LogP contribution in [-0.4, -0.2) is 24.8 Å². The van der Waals surface area contributed by atoms with Crippen LogP contribution < -0.4 is 14.9 Å². The maximum Gasteiger partial charge on any atom is 0.335 e. The van der Waals surface area contributed by atoms with Crippen LogP contribution in [0.25, 0.3) is 11.0 Å². The smallest absolute Gasteiger partial charge is 0.335 e. The van der Waals surface area contributed by atoms with Crippen LogP contribution >= 0.6 is 0 Å². The summed E-state index contributed by atoms with van der Waals surface area (Å²) in [6.07, 6.45) is 0.822. The van der Waals surface area contributed by atoms with E-state index in [-0.39, 0.29) is 34.0 Å². The van der Waals surface area contributed by atoms with Crippen molar-refractivity contribution in [3.8, 4) is 11.5 Å². The van der Waals surface area contributed by atoms with Gasteiger partial charge in [-0.2, -0.15) is 0 Å². The van der Waals surface area contributed by atoms with Crippen molar-refractivity contribution in [1.29, 1.82) is 0 Å². The number of fused-ring (bicyclic) bond motifs is 1. The van der Waals surface area contributed by atoms with Crippen molar-refractivity contribution in [3.63, 3.8) is 0 Å². The molecule has 1 aliphatic carbocycles. The van der Waals surface area contributed by atoms with Gasteiger partial charge in [0.05, 0.1) is 24.7 Å². The van der Waals surface area contributed by atoms with Crippen LogP contribution in [-0.2, 0) is 0 Å². The first-order valence-electron chi connectivity index (χ1n) is 9.14. The van der Waals surface area contributed by atoms with Crippen LogP contribution in [0.3, 0.4) is 0 Å². The van der Waals surface area contributed by atoms with Gasteiger partial charge in [-0.3, -0.25) is 4.79 Å².